The molecule has 1 saturated heterocycles. The van der Waals surface area contributed by atoms with E-state index < -0.39 is 12.2 Å². The van der Waals surface area contributed by atoms with Crippen LogP contribution in [0.5, 0.6) is 0 Å². The molecule has 1 aromatic heterocycles. The van der Waals surface area contributed by atoms with Crippen LogP contribution in [0, 0.1) is 0 Å². The maximum atomic E-state index is 12.3. The molecule has 1 aliphatic heterocycles. The summed E-state index contributed by atoms with van der Waals surface area (Å²) in [4.78, 5) is 27.6. The van der Waals surface area contributed by atoms with E-state index in [1.807, 2.05) is 54.6 Å². The first kappa shape index (κ1) is 33.3. The molecule has 46 heavy (non-hydrogen) atoms. The van der Waals surface area contributed by atoms with Crippen molar-refractivity contribution in [3.63, 3.8) is 0 Å². The van der Waals surface area contributed by atoms with E-state index in [0.29, 0.717) is 38.0 Å². The van der Waals surface area contributed by atoms with Crippen LogP contribution in [0.15, 0.2) is 84.3 Å². The SMILES string of the molecule is O=C(CCCCCC(=O)NCc1cccc(-c2ccc([C@@H]3O[C@H](CSc4ncn[nH]4)C[C@H](c4ccc(CO)cc4)O3)cc2)c1)NO. The zero-order valence-electron chi connectivity index (χ0n) is 25.4. The number of hydroxylamine groups is 1. The second-order valence-corrected chi connectivity index (χ2v) is 12.2. The van der Waals surface area contributed by atoms with Gasteiger partial charge in [-0.3, -0.25) is 19.9 Å². The van der Waals surface area contributed by atoms with Crippen molar-refractivity contribution in [2.45, 2.75) is 75.3 Å². The number of nitrogens with one attached hydrogen (secondary N) is 3. The van der Waals surface area contributed by atoms with Gasteiger partial charge in [-0.05, 0) is 46.7 Å². The Morgan fingerprint density at radius 2 is 1.65 bits per heavy atom. The molecule has 0 saturated carbocycles. The number of carbonyl (C=O) groups excluding carboxylic acids is 2. The number of thioether (sulfide) groups is 1. The summed E-state index contributed by atoms with van der Waals surface area (Å²) in [6, 6.07) is 24.1. The van der Waals surface area contributed by atoms with Gasteiger partial charge in [-0.1, -0.05) is 84.9 Å². The summed E-state index contributed by atoms with van der Waals surface area (Å²) >= 11 is 1.56. The first-order valence-corrected chi connectivity index (χ1v) is 16.4. The van der Waals surface area contributed by atoms with Gasteiger partial charge in [-0.2, -0.15) is 5.10 Å². The van der Waals surface area contributed by atoms with Crippen LogP contribution in [0.1, 0.15) is 73.2 Å². The number of aromatic amines is 1. The molecule has 2 heterocycles. The van der Waals surface area contributed by atoms with Gasteiger partial charge in [0.2, 0.25) is 11.8 Å². The molecule has 242 valence electrons. The topological polar surface area (TPSA) is 159 Å². The van der Waals surface area contributed by atoms with Crippen LogP contribution >= 0.6 is 11.8 Å². The molecule has 2 amide bonds. The highest BCUT2D eigenvalue weighted by Gasteiger charge is 2.32. The lowest BCUT2D eigenvalue weighted by Crippen LogP contribution is -2.31. The van der Waals surface area contributed by atoms with Crippen molar-refractivity contribution in [2.75, 3.05) is 5.75 Å². The fourth-order valence-corrected chi connectivity index (χ4v) is 6.04. The average Bonchev–Trinajstić information content (AvgIpc) is 3.63. The number of aliphatic hydroxyl groups is 1. The van der Waals surface area contributed by atoms with Gasteiger partial charge in [0.1, 0.15) is 6.33 Å². The van der Waals surface area contributed by atoms with Crippen LogP contribution in [-0.2, 0) is 32.2 Å². The van der Waals surface area contributed by atoms with Crippen molar-refractivity contribution >= 4 is 23.6 Å². The number of hydrogen-bond donors (Lipinski definition) is 5. The van der Waals surface area contributed by atoms with E-state index in [2.05, 4.69) is 38.7 Å². The molecule has 5 N–H and O–H groups in total. The van der Waals surface area contributed by atoms with E-state index in [9.17, 15) is 14.7 Å². The number of ether oxygens (including phenoxy) is 2. The second-order valence-electron chi connectivity index (χ2n) is 11.1. The Kier molecular flexibility index (Phi) is 12.3. The number of carbonyl (C=O) groups is 2. The second kappa shape index (κ2) is 17.0. The van der Waals surface area contributed by atoms with Crippen molar-refractivity contribution < 1.29 is 29.4 Å². The number of rotatable bonds is 15. The Hall–Kier alpha value is -4.07. The average molecular weight is 646 g/mol. The van der Waals surface area contributed by atoms with Gasteiger partial charge in [0.25, 0.3) is 0 Å². The Morgan fingerprint density at radius 3 is 2.37 bits per heavy atom. The first-order valence-electron chi connectivity index (χ1n) is 15.4. The molecule has 0 unspecified atom stereocenters. The van der Waals surface area contributed by atoms with Gasteiger partial charge in [0.05, 0.1) is 18.8 Å². The minimum atomic E-state index is -0.556. The van der Waals surface area contributed by atoms with Gasteiger partial charge < -0.3 is 19.9 Å². The molecule has 0 bridgehead atoms. The summed E-state index contributed by atoms with van der Waals surface area (Å²) in [5.74, 6) is 0.243. The Labute approximate surface area is 272 Å². The standard InChI is InChI=1S/C34H39N5O6S/c40-20-23-9-11-26(12-10-23)30-18-29(21-46-34-36-22-37-38-34)44-33(45-30)27-15-13-25(14-16-27)28-6-4-5-24(17-28)19-35-31(41)7-2-1-3-8-32(42)39-43/h4-6,9-17,22,29-30,33,40,43H,1-3,7-8,18-21H2,(H,35,41)(H,39,42)(H,36,37,38)/t29-,30+,33+/m0/s1. The van der Waals surface area contributed by atoms with E-state index in [0.717, 1.165) is 45.0 Å². The largest absolute Gasteiger partial charge is 0.392 e. The highest BCUT2D eigenvalue weighted by molar-refractivity contribution is 7.99. The Morgan fingerprint density at radius 1 is 0.891 bits per heavy atom. The van der Waals surface area contributed by atoms with E-state index in [-0.39, 0.29) is 31.1 Å². The molecule has 0 aliphatic carbocycles. The van der Waals surface area contributed by atoms with Crippen LogP contribution in [-0.4, -0.2) is 49.2 Å². The van der Waals surface area contributed by atoms with Crippen molar-refractivity contribution in [2.24, 2.45) is 0 Å². The molecule has 1 fully saturated rings. The third-order valence-corrected chi connectivity index (χ3v) is 8.79. The highest BCUT2D eigenvalue weighted by Crippen LogP contribution is 2.39. The number of amides is 2. The number of unbranched alkanes of at least 4 members (excludes halogenated alkanes) is 2. The van der Waals surface area contributed by atoms with Gasteiger partial charge in [-0.25, -0.2) is 10.5 Å². The Balaban J connectivity index is 1.19. The fourth-order valence-electron chi connectivity index (χ4n) is 5.24. The number of aliphatic hydroxyl groups excluding tert-OH is 1. The normalized spacial score (nSPS) is 17.8. The molecule has 1 aliphatic rings. The lowest BCUT2D eigenvalue weighted by Gasteiger charge is -2.36. The zero-order valence-corrected chi connectivity index (χ0v) is 26.2. The molecule has 3 atom stereocenters. The maximum Gasteiger partial charge on any atom is 0.243 e. The molecule has 12 heteroatoms. The van der Waals surface area contributed by atoms with Crippen molar-refractivity contribution in [1.29, 1.82) is 0 Å². The van der Waals surface area contributed by atoms with Crippen LogP contribution in [0.3, 0.4) is 0 Å². The lowest BCUT2D eigenvalue weighted by molar-refractivity contribution is -0.245. The van der Waals surface area contributed by atoms with Crippen molar-refractivity contribution in [1.82, 2.24) is 26.0 Å². The van der Waals surface area contributed by atoms with Crippen LogP contribution < -0.4 is 10.8 Å². The number of nitrogens with zero attached hydrogens (tertiary/aromatic N) is 2. The molecular formula is C34H39N5O6S. The van der Waals surface area contributed by atoms with Crippen LogP contribution in [0.25, 0.3) is 11.1 Å². The minimum Gasteiger partial charge on any atom is -0.392 e. The maximum absolute atomic E-state index is 12.3. The number of hydrogen-bond acceptors (Lipinski definition) is 9. The predicted molar refractivity (Wildman–Crippen MR) is 172 cm³/mol. The van der Waals surface area contributed by atoms with E-state index in [1.54, 1.807) is 17.2 Å². The molecule has 4 aromatic rings. The van der Waals surface area contributed by atoms with Gasteiger partial charge in [0, 0.05) is 37.1 Å². The summed E-state index contributed by atoms with van der Waals surface area (Å²) in [5, 5.41) is 28.5. The number of H-pyrrole nitrogens is 1. The summed E-state index contributed by atoms with van der Waals surface area (Å²) in [6.07, 6.45) is 4.04. The molecular weight excluding hydrogens is 606 g/mol. The first-order chi connectivity index (χ1) is 22.5. The monoisotopic (exact) mass is 645 g/mol. The molecule has 5 rings (SSSR count). The lowest BCUT2D eigenvalue weighted by atomic mass is 9.99. The van der Waals surface area contributed by atoms with E-state index >= 15 is 0 Å². The van der Waals surface area contributed by atoms with Crippen LogP contribution in [0.2, 0.25) is 0 Å². The zero-order chi connectivity index (χ0) is 32.1. The Bertz CT molecular complexity index is 1530. The summed E-state index contributed by atoms with van der Waals surface area (Å²) < 4.78 is 12.9. The molecule has 3 aromatic carbocycles. The summed E-state index contributed by atoms with van der Waals surface area (Å²) in [7, 11) is 0. The third kappa shape index (κ3) is 9.71. The molecule has 0 radical (unpaired) electrons. The fraction of sp³-hybridized carbons (Fsp3) is 0.353. The quantitative estimate of drug-likeness (QED) is 0.0496. The van der Waals surface area contributed by atoms with Crippen LogP contribution in [0.4, 0.5) is 0 Å². The minimum absolute atomic E-state index is 0.00556. The predicted octanol–water partition coefficient (Wildman–Crippen LogP) is 5.37. The molecule has 11 nitrogen and oxygen atoms in total. The smallest absolute Gasteiger partial charge is 0.243 e. The highest BCUT2D eigenvalue weighted by atomic mass is 32.2. The van der Waals surface area contributed by atoms with E-state index in [1.165, 1.54) is 6.33 Å². The van der Waals surface area contributed by atoms with Gasteiger partial charge in [-0.15, -0.1) is 0 Å². The van der Waals surface area contributed by atoms with E-state index in [4.69, 9.17) is 14.7 Å². The number of benzene rings is 3. The summed E-state index contributed by atoms with van der Waals surface area (Å²) in [6.45, 7) is 0.421. The third-order valence-electron chi connectivity index (χ3n) is 7.78. The van der Waals surface area contributed by atoms with Crippen molar-refractivity contribution in [3.05, 3.63) is 101 Å². The summed E-state index contributed by atoms with van der Waals surface area (Å²) in [5.41, 5.74) is 7.48. The van der Waals surface area contributed by atoms with Gasteiger partial charge in [0.15, 0.2) is 11.4 Å². The number of aromatic nitrogens is 3. The van der Waals surface area contributed by atoms with Crippen molar-refractivity contribution in [3.8, 4) is 11.1 Å². The molecule has 0 spiro atoms. The van der Waals surface area contributed by atoms with Gasteiger partial charge >= 0.3 is 0 Å².